The van der Waals surface area contributed by atoms with E-state index in [4.69, 9.17) is 17.3 Å². The Morgan fingerprint density at radius 1 is 1.27 bits per heavy atom. The van der Waals surface area contributed by atoms with E-state index >= 15 is 0 Å². The first-order chi connectivity index (χ1) is 10.4. The quantitative estimate of drug-likeness (QED) is 0.720. The van der Waals surface area contributed by atoms with Crippen LogP contribution in [0.15, 0.2) is 18.2 Å². The van der Waals surface area contributed by atoms with Gasteiger partial charge in [-0.15, -0.1) is 0 Å². The molecule has 0 aliphatic rings. The van der Waals surface area contributed by atoms with Gasteiger partial charge in [-0.3, -0.25) is 9.59 Å². The van der Waals surface area contributed by atoms with Crippen LogP contribution in [0.5, 0.6) is 0 Å². The molecule has 0 spiro atoms. The van der Waals surface area contributed by atoms with Crippen LogP contribution in [-0.2, 0) is 9.59 Å². The third-order valence-corrected chi connectivity index (χ3v) is 4.35. The van der Waals surface area contributed by atoms with Crippen molar-refractivity contribution >= 4 is 29.1 Å². The lowest BCUT2D eigenvalue weighted by atomic mass is 9.81. The molecule has 5 nitrogen and oxygen atoms in total. The number of hydrogen-bond acceptors (Lipinski definition) is 3. The molecule has 0 aromatic heterocycles. The summed E-state index contributed by atoms with van der Waals surface area (Å²) >= 11 is 6.06. The summed E-state index contributed by atoms with van der Waals surface area (Å²) in [6.45, 7) is 5.91. The Hall–Kier alpha value is -1.59. The second-order valence-electron chi connectivity index (χ2n) is 5.41. The van der Waals surface area contributed by atoms with E-state index in [1.807, 2.05) is 26.8 Å². The molecule has 1 aromatic carbocycles. The van der Waals surface area contributed by atoms with E-state index < -0.39 is 5.41 Å². The molecular weight excluding hydrogens is 302 g/mol. The number of amides is 2. The highest BCUT2D eigenvalue weighted by Gasteiger charge is 2.33. The summed E-state index contributed by atoms with van der Waals surface area (Å²) < 4.78 is 0. The third-order valence-electron chi connectivity index (χ3n) is 4.03. The topological polar surface area (TPSA) is 84.2 Å². The predicted molar refractivity (Wildman–Crippen MR) is 89.9 cm³/mol. The first kappa shape index (κ1) is 18.5. The molecule has 0 aliphatic heterocycles. The lowest BCUT2D eigenvalue weighted by Gasteiger charge is -2.28. The van der Waals surface area contributed by atoms with Gasteiger partial charge in [-0.1, -0.05) is 31.5 Å². The zero-order chi connectivity index (χ0) is 16.8. The Kier molecular flexibility index (Phi) is 6.84. The minimum Gasteiger partial charge on any atom is -0.347 e. The number of rotatable bonds is 7. The normalized spacial score (nSPS) is 11.1. The van der Waals surface area contributed by atoms with Crippen LogP contribution in [0.3, 0.4) is 0 Å². The summed E-state index contributed by atoms with van der Waals surface area (Å²) in [6.07, 6.45) is 1.27. The lowest BCUT2D eigenvalue weighted by Crippen LogP contribution is -2.47. The molecule has 0 unspecified atom stereocenters. The summed E-state index contributed by atoms with van der Waals surface area (Å²) in [6, 6.07) is 5.36. The lowest BCUT2D eigenvalue weighted by molar-refractivity contribution is -0.132. The molecule has 122 valence electrons. The van der Waals surface area contributed by atoms with Gasteiger partial charge in [0.25, 0.3) is 0 Å². The summed E-state index contributed by atoms with van der Waals surface area (Å²) in [4.78, 5) is 24.2. The molecule has 0 saturated heterocycles. The van der Waals surface area contributed by atoms with Crippen LogP contribution in [0.25, 0.3) is 0 Å². The number of halogens is 1. The van der Waals surface area contributed by atoms with Gasteiger partial charge in [0.2, 0.25) is 11.8 Å². The average Bonchev–Trinajstić information content (AvgIpc) is 2.50. The third kappa shape index (κ3) is 4.45. The van der Waals surface area contributed by atoms with Gasteiger partial charge in [-0.25, -0.2) is 0 Å². The fourth-order valence-electron chi connectivity index (χ4n) is 2.22. The summed E-state index contributed by atoms with van der Waals surface area (Å²) in [5.74, 6) is -0.512. The molecule has 2 amide bonds. The Labute approximate surface area is 136 Å². The van der Waals surface area contributed by atoms with E-state index in [2.05, 4.69) is 10.6 Å². The highest BCUT2D eigenvalue weighted by Crippen LogP contribution is 2.25. The molecule has 4 N–H and O–H groups in total. The molecule has 22 heavy (non-hydrogen) atoms. The van der Waals surface area contributed by atoms with Crippen LogP contribution < -0.4 is 16.4 Å². The predicted octanol–water partition coefficient (Wildman–Crippen LogP) is 2.47. The molecule has 0 saturated carbocycles. The van der Waals surface area contributed by atoms with Crippen molar-refractivity contribution in [1.29, 1.82) is 0 Å². The van der Waals surface area contributed by atoms with Crippen molar-refractivity contribution in [1.82, 2.24) is 5.32 Å². The minimum absolute atomic E-state index is 0.106. The molecule has 0 atom stereocenters. The Morgan fingerprint density at radius 3 is 2.41 bits per heavy atom. The van der Waals surface area contributed by atoms with Crippen molar-refractivity contribution in [2.24, 2.45) is 11.1 Å². The van der Waals surface area contributed by atoms with E-state index in [9.17, 15) is 9.59 Å². The van der Waals surface area contributed by atoms with Crippen molar-refractivity contribution in [2.45, 2.75) is 33.6 Å². The zero-order valence-corrected chi connectivity index (χ0v) is 14.1. The van der Waals surface area contributed by atoms with Crippen LogP contribution in [0.1, 0.15) is 32.3 Å². The summed E-state index contributed by atoms with van der Waals surface area (Å²) in [5, 5.41) is 5.81. The van der Waals surface area contributed by atoms with E-state index in [0.29, 0.717) is 23.6 Å². The maximum atomic E-state index is 12.2. The second-order valence-corrected chi connectivity index (χ2v) is 5.81. The molecule has 0 bridgehead atoms. The van der Waals surface area contributed by atoms with Gasteiger partial charge in [0.15, 0.2) is 0 Å². The number of benzene rings is 1. The smallest absolute Gasteiger partial charge is 0.243 e. The van der Waals surface area contributed by atoms with Crippen LogP contribution in [0.2, 0.25) is 5.02 Å². The van der Waals surface area contributed by atoms with Crippen LogP contribution in [0, 0.1) is 12.3 Å². The zero-order valence-electron chi connectivity index (χ0n) is 13.3. The molecule has 0 heterocycles. The van der Waals surface area contributed by atoms with Gasteiger partial charge in [0.05, 0.1) is 22.7 Å². The monoisotopic (exact) mass is 325 g/mol. The molecule has 0 fully saturated rings. The van der Waals surface area contributed by atoms with E-state index in [1.54, 1.807) is 12.1 Å². The van der Waals surface area contributed by atoms with Gasteiger partial charge in [0.1, 0.15) is 0 Å². The number of carbonyl (C=O) groups is 2. The van der Waals surface area contributed by atoms with Crippen LogP contribution in [0.4, 0.5) is 5.69 Å². The number of hydrogen-bond donors (Lipinski definition) is 3. The molecule has 1 rings (SSSR count). The van der Waals surface area contributed by atoms with Crippen LogP contribution >= 0.6 is 11.6 Å². The fraction of sp³-hybridized carbons (Fsp3) is 0.500. The number of carbonyl (C=O) groups excluding carboxylic acids is 2. The molecule has 0 radical (unpaired) electrons. The second kappa shape index (κ2) is 8.15. The van der Waals surface area contributed by atoms with Crippen molar-refractivity contribution in [3.8, 4) is 0 Å². The number of aryl methyl sites for hydroxylation is 1. The Bertz CT molecular complexity index is 534. The first-order valence-electron chi connectivity index (χ1n) is 7.43. The molecule has 1 aromatic rings. The van der Waals surface area contributed by atoms with Crippen molar-refractivity contribution in [3.63, 3.8) is 0 Å². The minimum atomic E-state index is -0.609. The highest BCUT2D eigenvalue weighted by molar-refractivity contribution is 6.33. The standard InChI is InChI=1S/C16H24ClN3O2/c1-4-16(5-2,10-18)15(22)19-9-14(21)20-13-7-6-11(3)8-12(13)17/h6-8H,4-5,9-10,18H2,1-3H3,(H,19,22)(H,20,21). The molecular formula is C16H24ClN3O2. The SMILES string of the molecule is CCC(CC)(CN)C(=O)NCC(=O)Nc1ccc(C)cc1Cl. The summed E-state index contributed by atoms with van der Waals surface area (Å²) in [7, 11) is 0. The maximum Gasteiger partial charge on any atom is 0.243 e. The van der Waals surface area contributed by atoms with Gasteiger partial charge < -0.3 is 16.4 Å². The Balaban J connectivity index is 2.61. The van der Waals surface area contributed by atoms with Crippen LogP contribution in [-0.4, -0.2) is 24.9 Å². The van der Waals surface area contributed by atoms with Crippen molar-refractivity contribution in [3.05, 3.63) is 28.8 Å². The fourth-order valence-corrected chi connectivity index (χ4v) is 2.50. The summed E-state index contributed by atoms with van der Waals surface area (Å²) in [5.41, 5.74) is 6.64. The largest absolute Gasteiger partial charge is 0.347 e. The van der Waals surface area contributed by atoms with E-state index in [0.717, 1.165) is 5.56 Å². The maximum absolute atomic E-state index is 12.2. The van der Waals surface area contributed by atoms with E-state index in [-0.39, 0.29) is 24.9 Å². The number of nitrogens with two attached hydrogens (primary N) is 1. The number of nitrogens with one attached hydrogen (secondary N) is 2. The van der Waals surface area contributed by atoms with Crippen molar-refractivity contribution < 1.29 is 9.59 Å². The molecule has 0 aliphatic carbocycles. The van der Waals surface area contributed by atoms with Gasteiger partial charge in [-0.2, -0.15) is 0 Å². The highest BCUT2D eigenvalue weighted by atomic mass is 35.5. The number of anilines is 1. The van der Waals surface area contributed by atoms with Gasteiger partial charge >= 0.3 is 0 Å². The van der Waals surface area contributed by atoms with E-state index in [1.165, 1.54) is 0 Å². The average molecular weight is 326 g/mol. The van der Waals surface area contributed by atoms with Crippen molar-refractivity contribution in [2.75, 3.05) is 18.4 Å². The van der Waals surface area contributed by atoms with Gasteiger partial charge in [-0.05, 0) is 37.5 Å². The Morgan fingerprint density at radius 2 is 1.91 bits per heavy atom. The van der Waals surface area contributed by atoms with Gasteiger partial charge in [0, 0.05) is 6.54 Å². The first-order valence-corrected chi connectivity index (χ1v) is 7.80. The molecule has 6 heteroatoms.